The zero-order chi connectivity index (χ0) is 19.2. The molecule has 8 nitrogen and oxygen atoms in total. The molecule has 0 unspecified atom stereocenters. The van der Waals surface area contributed by atoms with E-state index in [-0.39, 0.29) is 17.3 Å². The number of ether oxygens (including phenoxy) is 4. The zero-order valence-corrected chi connectivity index (χ0v) is 15.0. The normalized spacial score (nSPS) is 20.4. The fourth-order valence-electron chi connectivity index (χ4n) is 2.91. The van der Waals surface area contributed by atoms with Crippen molar-refractivity contribution in [1.29, 1.82) is 0 Å². The van der Waals surface area contributed by atoms with Gasteiger partial charge in [-0.2, -0.15) is 0 Å². The van der Waals surface area contributed by atoms with Gasteiger partial charge in [0.2, 0.25) is 0 Å². The summed E-state index contributed by atoms with van der Waals surface area (Å²) in [4.78, 5) is 36.8. The molecule has 1 aromatic carbocycles. The van der Waals surface area contributed by atoms with Crippen molar-refractivity contribution >= 4 is 23.4 Å². The van der Waals surface area contributed by atoms with Crippen LogP contribution in [0.1, 0.15) is 37.0 Å². The lowest BCUT2D eigenvalue weighted by atomic mass is 10.0. The lowest BCUT2D eigenvalue weighted by Crippen LogP contribution is -2.42. The molecule has 0 bridgehead atoms. The lowest BCUT2D eigenvalue weighted by Gasteiger charge is -2.29. The third-order valence-electron chi connectivity index (χ3n) is 4.38. The molecule has 1 N–H and O–H groups in total. The number of ketones is 1. The largest absolute Gasteiger partial charge is 0.486 e. The van der Waals surface area contributed by atoms with Crippen LogP contribution in [-0.4, -0.2) is 36.7 Å². The van der Waals surface area contributed by atoms with Crippen LogP contribution in [0.25, 0.3) is 0 Å². The fraction of sp³-hybridized carbons (Fsp3) is 0.421. The number of rotatable bonds is 4. The van der Waals surface area contributed by atoms with E-state index in [1.54, 1.807) is 12.1 Å². The van der Waals surface area contributed by atoms with Crippen molar-refractivity contribution in [3.8, 4) is 11.5 Å². The number of carbonyl (C=O) groups excluding carboxylic acids is 3. The minimum atomic E-state index is -1.31. The number of benzene rings is 1. The van der Waals surface area contributed by atoms with Gasteiger partial charge < -0.3 is 24.3 Å². The van der Waals surface area contributed by atoms with E-state index < -0.39 is 17.7 Å². The quantitative estimate of drug-likeness (QED) is 0.371. The van der Waals surface area contributed by atoms with Gasteiger partial charge in [0.15, 0.2) is 22.9 Å². The molecule has 3 aliphatic rings. The third-order valence-corrected chi connectivity index (χ3v) is 4.38. The molecule has 142 valence electrons. The number of nitrogens with one attached hydrogen (secondary N) is 1. The van der Waals surface area contributed by atoms with Crippen LogP contribution in [0, 0.1) is 5.92 Å². The minimum absolute atomic E-state index is 0.00817. The molecular formula is C19H19NO7. The summed E-state index contributed by atoms with van der Waals surface area (Å²) in [6, 6.07) is 3.27. The number of cyclic esters (lactones) is 2. The maximum absolute atomic E-state index is 12.6. The van der Waals surface area contributed by atoms with E-state index in [2.05, 4.69) is 5.32 Å². The number of anilines is 1. The predicted molar refractivity (Wildman–Crippen MR) is 92.5 cm³/mol. The van der Waals surface area contributed by atoms with Gasteiger partial charge in [-0.1, -0.05) is 0 Å². The van der Waals surface area contributed by atoms with Gasteiger partial charge in [0, 0.05) is 37.6 Å². The van der Waals surface area contributed by atoms with Crippen LogP contribution in [0.4, 0.5) is 5.69 Å². The van der Waals surface area contributed by atoms with Crippen LogP contribution < -0.4 is 14.8 Å². The number of hydrogen-bond acceptors (Lipinski definition) is 8. The number of esters is 2. The highest BCUT2D eigenvalue weighted by atomic mass is 16.7. The molecule has 0 amide bonds. The Labute approximate surface area is 155 Å². The second-order valence-corrected chi connectivity index (χ2v) is 7.06. The first-order chi connectivity index (χ1) is 12.8. The van der Waals surface area contributed by atoms with Crippen molar-refractivity contribution < 1.29 is 33.3 Å². The molecule has 2 fully saturated rings. The summed E-state index contributed by atoms with van der Waals surface area (Å²) < 4.78 is 21.2. The first-order valence-corrected chi connectivity index (χ1v) is 8.75. The topological polar surface area (TPSA) is 100 Å². The van der Waals surface area contributed by atoms with Crippen LogP contribution in [0.2, 0.25) is 0 Å². The van der Waals surface area contributed by atoms with E-state index in [0.29, 0.717) is 36.0 Å². The molecule has 0 spiro atoms. The van der Waals surface area contributed by atoms with Gasteiger partial charge in [0.25, 0.3) is 5.79 Å². The van der Waals surface area contributed by atoms with Crippen molar-refractivity contribution in [1.82, 2.24) is 0 Å². The molecule has 0 aromatic heterocycles. The van der Waals surface area contributed by atoms with Gasteiger partial charge in [-0.3, -0.25) is 4.79 Å². The molecule has 0 atom stereocenters. The fourth-order valence-corrected chi connectivity index (χ4v) is 2.91. The highest BCUT2D eigenvalue weighted by Gasteiger charge is 2.39. The average Bonchev–Trinajstić information content (AvgIpc) is 3.43. The van der Waals surface area contributed by atoms with Crippen molar-refractivity contribution in [3.63, 3.8) is 0 Å². The summed E-state index contributed by atoms with van der Waals surface area (Å²) in [7, 11) is 0. The Morgan fingerprint density at radius 2 is 1.67 bits per heavy atom. The summed E-state index contributed by atoms with van der Waals surface area (Å²) in [5.74, 6) is -1.93. The molecule has 2 aliphatic heterocycles. The van der Waals surface area contributed by atoms with Gasteiger partial charge in [-0.25, -0.2) is 9.59 Å². The molecule has 1 aliphatic carbocycles. The Morgan fingerprint density at radius 1 is 1.07 bits per heavy atom. The van der Waals surface area contributed by atoms with E-state index in [1.165, 1.54) is 20.0 Å². The van der Waals surface area contributed by atoms with Gasteiger partial charge in [-0.15, -0.1) is 0 Å². The molecule has 8 heteroatoms. The number of fused-ring (bicyclic) bond motifs is 1. The van der Waals surface area contributed by atoms with Gasteiger partial charge in [0.1, 0.15) is 13.2 Å². The van der Waals surface area contributed by atoms with E-state index in [0.717, 1.165) is 12.8 Å². The van der Waals surface area contributed by atoms with E-state index in [1.807, 2.05) is 0 Å². The van der Waals surface area contributed by atoms with Gasteiger partial charge in [-0.05, 0) is 18.9 Å². The molecule has 1 saturated heterocycles. The summed E-state index contributed by atoms with van der Waals surface area (Å²) in [6.45, 7) is 3.76. The average molecular weight is 373 g/mol. The minimum Gasteiger partial charge on any atom is -0.486 e. The molecular weight excluding hydrogens is 354 g/mol. The maximum atomic E-state index is 12.6. The predicted octanol–water partition coefficient (Wildman–Crippen LogP) is 2.18. The smallest absolute Gasteiger partial charge is 0.350 e. The molecule has 1 aromatic rings. The Kier molecular flexibility index (Phi) is 4.05. The molecule has 1 saturated carbocycles. The van der Waals surface area contributed by atoms with Crippen molar-refractivity contribution in [2.24, 2.45) is 5.92 Å². The third kappa shape index (κ3) is 3.47. The Bertz CT molecular complexity index is 845. The first kappa shape index (κ1) is 17.4. The monoisotopic (exact) mass is 373 g/mol. The molecule has 27 heavy (non-hydrogen) atoms. The Hall–Kier alpha value is -3.03. The summed E-state index contributed by atoms with van der Waals surface area (Å²) in [5, 5.41) is 2.86. The van der Waals surface area contributed by atoms with Crippen LogP contribution in [0.15, 0.2) is 23.9 Å². The SMILES string of the molecule is CC1(C)OC(=O)C(=CNc2cc3c(cc2C(=O)C2CC2)OCCO3)C(=O)O1. The van der Waals surface area contributed by atoms with Crippen LogP contribution in [0.5, 0.6) is 11.5 Å². The maximum Gasteiger partial charge on any atom is 0.350 e. The number of Topliss-reactive ketones (excluding diaryl/α,β-unsaturated/α-hetero) is 1. The number of carbonyl (C=O) groups is 3. The highest BCUT2D eigenvalue weighted by Crippen LogP contribution is 2.40. The van der Waals surface area contributed by atoms with E-state index in [9.17, 15) is 14.4 Å². The van der Waals surface area contributed by atoms with Crippen LogP contribution >= 0.6 is 0 Å². The van der Waals surface area contributed by atoms with Crippen molar-refractivity contribution in [3.05, 3.63) is 29.5 Å². The zero-order valence-electron chi connectivity index (χ0n) is 15.0. The van der Waals surface area contributed by atoms with Crippen molar-refractivity contribution in [2.75, 3.05) is 18.5 Å². The first-order valence-electron chi connectivity index (χ1n) is 8.75. The lowest BCUT2D eigenvalue weighted by molar-refractivity contribution is -0.222. The van der Waals surface area contributed by atoms with Crippen LogP contribution in [0.3, 0.4) is 0 Å². The van der Waals surface area contributed by atoms with Gasteiger partial charge in [0.05, 0.1) is 5.69 Å². The highest BCUT2D eigenvalue weighted by molar-refractivity contribution is 6.15. The molecule has 0 radical (unpaired) electrons. The summed E-state index contributed by atoms with van der Waals surface area (Å²) in [6.07, 6.45) is 2.89. The van der Waals surface area contributed by atoms with E-state index in [4.69, 9.17) is 18.9 Å². The van der Waals surface area contributed by atoms with E-state index >= 15 is 0 Å². The summed E-state index contributed by atoms with van der Waals surface area (Å²) >= 11 is 0. The second kappa shape index (κ2) is 6.29. The molecule has 2 heterocycles. The Morgan fingerprint density at radius 3 is 2.26 bits per heavy atom. The van der Waals surface area contributed by atoms with Crippen molar-refractivity contribution in [2.45, 2.75) is 32.5 Å². The summed E-state index contributed by atoms with van der Waals surface area (Å²) in [5.41, 5.74) is 0.569. The second-order valence-electron chi connectivity index (χ2n) is 7.06. The van der Waals surface area contributed by atoms with Crippen LogP contribution in [-0.2, 0) is 19.1 Å². The Balaban J connectivity index is 1.65. The molecule has 4 rings (SSSR count). The standard InChI is InChI=1S/C19H19NO7/c1-19(2)26-17(22)12(18(23)27-19)9-20-13-8-15-14(24-5-6-25-15)7-11(13)16(21)10-3-4-10/h7-10,20H,3-6H2,1-2H3. The van der Waals surface area contributed by atoms with Gasteiger partial charge >= 0.3 is 11.9 Å². The number of hydrogen-bond donors (Lipinski definition) is 1.